The molecular formula is C19H26N2O2. The third-order valence-electron chi connectivity index (χ3n) is 5.59. The van der Waals surface area contributed by atoms with Crippen LogP contribution in [0.5, 0.6) is 5.75 Å². The van der Waals surface area contributed by atoms with Crippen LogP contribution in [0.2, 0.25) is 0 Å². The van der Waals surface area contributed by atoms with Gasteiger partial charge in [0.1, 0.15) is 5.75 Å². The molecule has 1 saturated carbocycles. The van der Waals surface area contributed by atoms with Gasteiger partial charge in [-0.15, -0.1) is 0 Å². The highest BCUT2D eigenvalue weighted by atomic mass is 16.5. The van der Waals surface area contributed by atoms with Gasteiger partial charge in [-0.05, 0) is 80.8 Å². The van der Waals surface area contributed by atoms with Gasteiger partial charge in [0, 0.05) is 18.7 Å². The monoisotopic (exact) mass is 314 g/mol. The predicted molar refractivity (Wildman–Crippen MR) is 89.6 cm³/mol. The Kier molecular flexibility index (Phi) is 4.25. The second-order valence-corrected chi connectivity index (χ2v) is 7.33. The van der Waals surface area contributed by atoms with Crippen molar-refractivity contribution in [3.8, 4) is 5.75 Å². The normalized spacial score (nSPS) is 27.4. The highest BCUT2D eigenvalue weighted by Crippen LogP contribution is 2.30. The smallest absolute Gasteiger partial charge is 0.253 e. The summed E-state index contributed by atoms with van der Waals surface area (Å²) in [6.07, 6.45) is 4.85. The van der Waals surface area contributed by atoms with E-state index in [1.807, 2.05) is 29.2 Å². The molecule has 0 unspecified atom stereocenters. The van der Waals surface area contributed by atoms with Crippen LogP contribution in [0.15, 0.2) is 24.3 Å². The first-order valence-electron chi connectivity index (χ1n) is 9.02. The molecule has 0 bridgehead atoms. The molecule has 1 N–H and O–H groups in total. The van der Waals surface area contributed by atoms with Crippen LogP contribution in [0, 0.1) is 17.8 Å². The lowest BCUT2D eigenvalue weighted by Gasteiger charge is -2.21. The van der Waals surface area contributed by atoms with Gasteiger partial charge in [-0.2, -0.15) is 0 Å². The molecule has 0 aromatic heterocycles. The fourth-order valence-electron chi connectivity index (χ4n) is 3.80. The minimum Gasteiger partial charge on any atom is -0.493 e. The number of amides is 1. The van der Waals surface area contributed by atoms with E-state index in [4.69, 9.17) is 4.74 Å². The van der Waals surface area contributed by atoms with Gasteiger partial charge in [-0.25, -0.2) is 0 Å². The lowest BCUT2D eigenvalue weighted by atomic mass is 9.92. The lowest BCUT2D eigenvalue weighted by molar-refractivity contribution is 0.0758. The van der Waals surface area contributed by atoms with E-state index < -0.39 is 0 Å². The molecule has 2 aliphatic heterocycles. The van der Waals surface area contributed by atoms with Gasteiger partial charge in [-0.3, -0.25) is 4.79 Å². The Hall–Kier alpha value is -1.55. The molecule has 0 radical (unpaired) electrons. The summed E-state index contributed by atoms with van der Waals surface area (Å²) in [5.41, 5.74) is 0.786. The van der Waals surface area contributed by atoms with Crippen LogP contribution in [-0.2, 0) is 0 Å². The summed E-state index contributed by atoms with van der Waals surface area (Å²) < 4.78 is 5.75. The number of fused-ring (bicyclic) bond motifs is 1. The number of nitrogens with one attached hydrogen (secondary N) is 1. The van der Waals surface area contributed by atoms with Crippen LogP contribution in [-0.4, -0.2) is 43.6 Å². The van der Waals surface area contributed by atoms with Crippen LogP contribution >= 0.6 is 0 Å². The molecule has 2 atom stereocenters. The fourth-order valence-corrected chi connectivity index (χ4v) is 3.80. The molecule has 3 aliphatic rings. The third-order valence-corrected chi connectivity index (χ3v) is 5.59. The molecule has 4 heteroatoms. The number of hydrogen-bond acceptors (Lipinski definition) is 3. The molecule has 3 fully saturated rings. The molecule has 2 saturated heterocycles. The Balaban J connectivity index is 1.35. The zero-order valence-electron chi connectivity index (χ0n) is 13.7. The average molecular weight is 314 g/mol. The Morgan fingerprint density at radius 3 is 2.30 bits per heavy atom. The maximum atomic E-state index is 12.7. The van der Waals surface area contributed by atoms with Crippen molar-refractivity contribution in [1.29, 1.82) is 0 Å². The Morgan fingerprint density at radius 2 is 1.70 bits per heavy atom. The van der Waals surface area contributed by atoms with Crippen molar-refractivity contribution in [1.82, 2.24) is 10.2 Å². The molecule has 4 nitrogen and oxygen atoms in total. The van der Waals surface area contributed by atoms with Crippen molar-refractivity contribution in [3.05, 3.63) is 29.8 Å². The van der Waals surface area contributed by atoms with Crippen molar-refractivity contribution >= 4 is 5.91 Å². The number of ether oxygens (including phenoxy) is 1. The summed E-state index contributed by atoms with van der Waals surface area (Å²) >= 11 is 0. The van der Waals surface area contributed by atoms with Gasteiger partial charge in [-0.1, -0.05) is 0 Å². The van der Waals surface area contributed by atoms with E-state index in [2.05, 4.69) is 5.32 Å². The molecule has 1 aliphatic carbocycles. The SMILES string of the molecule is O=C(c1ccc(OCC2CC2)cc1)N1CC[C@@H]2CNC[C@@H]2CC1. The summed E-state index contributed by atoms with van der Waals surface area (Å²) in [5.74, 6) is 3.32. The molecule has 0 spiro atoms. The minimum absolute atomic E-state index is 0.173. The van der Waals surface area contributed by atoms with Gasteiger partial charge in [0.05, 0.1) is 6.61 Å². The highest BCUT2D eigenvalue weighted by molar-refractivity contribution is 5.94. The maximum absolute atomic E-state index is 12.7. The largest absolute Gasteiger partial charge is 0.493 e. The van der Waals surface area contributed by atoms with Gasteiger partial charge in [0.2, 0.25) is 0 Å². The number of nitrogens with zero attached hydrogens (tertiary/aromatic N) is 1. The van der Waals surface area contributed by atoms with E-state index in [1.54, 1.807) is 0 Å². The summed E-state index contributed by atoms with van der Waals surface area (Å²) in [6.45, 7) is 4.85. The predicted octanol–water partition coefficient (Wildman–Crippen LogP) is 2.55. The molecule has 2 heterocycles. The highest BCUT2D eigenvalue weighted by Gasteiger charge is 2.31. The van der Waals surface area contributed by atoms with Gasteiger partial charge in [0.25, 0.3) is 5.91 Å². The van der Waals surface area contributed by atoms with Crippen molar-refractivity contribution < 1.29 is 9.53 Å². The van der Waals surface area contributed by atoms with Crippen LogP contribution in [0.25, 0.3) is 0 Å². The van der Waals surface area contributed by atoms with Crippen molar-refractivity contribution in [2.75, 3.05) is 32.8 Å². The first-order chi connectivity index (χ1) is 11.3. The molecule has 23 heavy (non-hydrogen) atoms. The average Bonchev–Trinajstić information content (AvgIpc) is 3.35. The first kappa shape index (κ1) is 15.0. The van der Waals surface area contributed by atoms with E-state index in [0.717, 1.165) is 74.7 Å². The van der Waals surface area contributed by atoms with E-state index in [-0.39, 0.29) is 5.91 Å². The van der Waals surface area contributed by atoms with Gasteiger partial charge >= 0.3 is 0 Å². The molecule has 1 aromatic rings. The Morgan fingerprint density at radius 1 is 1.04 bits per heavy atom. The number of carbonyl (C=O) groups is 1. The third kappa shape index (κ3) is 3.52. The summed E-state index contributed by atoms with van der Waals surface area (Å²) in [4.78, 5) is 14.8. The zero-order valence-corrected chi connectivity index (χ0v) is 13.7. The maximum Gasteiger partial charge on any atom is 0.253 e. The lowest BCUT2D eigenvalue weighted by Crippen LogP contribution is -2.32. The fraction of sp³-hybridized carbons (Fsp3) is 0.632. The van der Waals surface area contributed by atoms with Crippen LogP contribution in [0.1, 0.15) is 36.0 Å². The number of benzene rings is 1. The minimum atomic E-state index is 0.173. The van der Waals surface area contributed by atoms with E-state index in [9.17, 15) is 4.79 Å². The molecular weight excluding hydrogens is 288 g/mol. The second kappa shape index (κ2) is 6.52. The van der Waals surface area contributed by atoms with Crippen LogP contribution in [0.3, 0.4) is 0 Å². The van der Waals surface area contributed by atoms with E-state index in [0.29, 0.717) is 0 Å². The zero-order chi connectivity index (χ0) is 15.6. The van der Waals surface area contributed by atoms with E-state index >= 15 is 0 Å². The molecule has 1 amide bonds. The number of hydrogen-bond donors (Lipinski definition) is 1. The first-order valence-corrected chi connectivity index (χ1v) is 9.02. The molecule has 124 valence electrons. The van der Waals surface area contributed by atoms with Crippen molar-refractivity contribution in [3.63, 3.8) is 0 Å². The number of likely N-dealkylation sites (tertiary alicyclic amines) is 1. The summed E-state index contributed by atoms with van der Waals surface area (Å²) in [6, 6.07) is 7.70. The molecule has 1 aromatic carbocycles. The summed E-state index contributed by atoms with van der Waals surface area (Å²) in [5, 5.41) is 3.48. The number of carbonyl (C=O) groups excluding carboxylic acids is 1. The standard InChI is InChI=1S/C19H26N2O2/c22-19(21-9-7-16-11-20-12-17(16)8-10-21)15-3-5-18(6-4-15)23-13-14-1-2-14/h3-6,14,16-17,20H,1-2,7-13H2/t16-,17+. The van der Waals surface area contributed by atoms with Gasteiger partial charge < -0.3 is 15.0 Å². The van der Waals surface area contributed by atoms with Crippen LogP contribution in [0.4, 0.5) is 0 Å². The second-order valence-electron chi connectivity index (χ2n) is 7.33. The van der Waals surface area contributed by atoms with Crippen molar-refractivity contribution in [2.24, 2.45) is 17.8 Å². The van der Waals surface area contributed by atoms with E-state index in [1.165, 1.54) is 12.8 Å². The van der Waals surface area contributed by atoms with Gasteiger partial charge in [0.15, 0.2) is 0 Å². The quantitative estimate of drug-likeness (QED) is 0.928. The topological polar surface area (TPSA) is 41.6 Å². The van der Waals surface area contributed by atoms with Crippen LogP contribution < -0.4 is 10.1 Å². The Bertz CT molecular complexity index is 539. The summed E-state index contributed by atoms with van der Waals surface area (Å²) in [7, 11) is 0. The number of rotatable bonds is 4. The Labute approximate surface area is 138 Å². The van der Waals surface area contributed by atoms with Crippen molar-refractivity contribution in [2.45, 2.75) is 25.7 Å². The molecule has 4 rings (SSSR count).